The number of phenolic OH excluding ortho intramolecular Hbond substituents is 1. The Balaban J connectivity index is 1.70. The Morgan fingerprint density at radius 1 is 1.04 bits per heavy atom. The lowest BCUT2D eigenvalue weighted by atomic mass is 10.1. The van der Waals surface area contributed by atoms with Crippen molar-refractivity contribution in [2.45, 2.75) is 25.8 Å². The van der Waals surface area contributed by atoms with Crippen LogP contribution in [0.25, 0.3) is 17.0 Å². The van der Waals surface area contributed by atoms with Crippen molar-refractivity contribution >= 4 is 22.8 Å². The molecule has 7 nitrogen and oxygen atoms in total. The van der Waals surface area contributed by atoms with Crippen LogP contribution in [0.15, 0.2) is 46.4 Å². The lowest BCUT2D eigenvalue weighted by molar-refractivity contribution is -0.377. The Morgan fingerprint density at radius 3 is 2.43 bits per heavy atom. The molecule has 0 spiro atoms. The van der Waals surface area contributed by atoms with Gasteiger partial charge in [0.2, 0.25) is 5.71 Å². The van der Waals surface area contributed by atoms with Gasteiger partial charge in [0.25, 0.3) is 0 Å². The van der Waals surface area contributed by atoms with Crippen LogP contribution in [-0.2, 0) is 6.54 Å². The molecule has 0 unspecified atom stereocenters. The molecule has 0 atom stereocenters. The largest absolute Gasteiger partial charge is 0.612 e. The summed E-state index contributed by atoms with van der Waals surface area (Å²) in [6.07, 6.45) is 11.1. The van der Waals surface area contributed by atoms with Crippen molar-refractivity contribution in [3.05, 3.63) is 63.7 Å². The maximum absolute atomic E-state index is 10.8. The number of hydrogen-bond donors (Lipinski definition) is 2. The highest BCUT2D eigenvalue weighted by molar-refractivity contribution is 6.03. The maximum atomic E-state index is 10.8. The zero-order valence-corrected chi connectivity index (χ0v) is 15.3. The van der Waals surface area contributed by atoms with Crippen molar-refractivity contribution in [2.75, 3.05) is 13.1 Å². The molecule has 28 heavy (non-hydrogen) atoms. The molecule has 2 N–H and O–H groups in total. The first-order valence-corrected chi connectivity index (χ1v) is 9.31. The zero-order valence-electron chi connectivity index (χ0n) is 15.3. The van der Waals surface area contributed by atoms with Gasteiger partial charge in [-0.1, -0.05) is 6.42 Å². The normalized spacial score (nSPS) is 17.4. The van der Waals surface area contributed by atoms with Gasteiger partial charge in [-0.3, -0.25) is 4.90 Å². The molecular formula is C21H21N2O5-. The van der Waals surface area contributed by atoms with Crippen LogP contribution in [0.5, 0.6) is 11.5 Å². The number of furan rings is 1. The van der Waals surface area contributed by atoms with E-state index in [2.05, 4.69) is 4.90 Å². The molecule has 1 saturated heterocycles. The van der Waals surface area contributed by atoms with E-state index in [1.54, 1.807) is 30.4 Å². The van der Waals surface area contributed by atoms with E-state index in [1.165, 1.54) is 18.6 Å². The first-order chi connectivity index (χ1) is 13.5. The van der Waals surface area contributed by atoms with Crippen LogP contribution < -0.4 is 0 Å². The Bertz CT molecular complexity index is 1000. The Hall–Kier alpha value is -3.19. The van der Waals surface area contributed by atoms with Crippen LogP contribution in [0.4, 0.5) is 0 Å². The third-order valence-electron chi connectivity index (χ3n) is 5.17. The summed E-state index contributed by atoms with van der Waals surface area (Å²) in [7, 11) is 0. The van der Waals surface area contributed by atoms with Crippen LogP contribution in [-0.4, -0.2) is 38.8 Å². The number of nitrogens with zero attached hydrogens (tertiary/aromatic N) is 2. The van der Waals surface area contributed by atoms with Gasteiger partial charge in [-0.15, -0.1) is 0 Å². The van der Waals surface area contributed by atoms with E-state index in [0.29, 0.717) is 28.7 Å². The molecule has 0 saturated carbocycles. The SMILES string of the molecule is [O-][N+]([O-])=C1C=CC(=Cc2oc3c(CN4CCCCC4)c(O)ccc3c2O)C=C1. The van der Waals surface area contributed by atoms with Crippen molar-refractivity contribution in [1.29, 1.82) is 0 Å². The minimum absolute atomic E-state index is 0.000261. The van der Waals surface area contributed by atoms with Crippen molar-refractivity contribution < 1.29 is 19.5 Å². The number of allylic oxidation sites excluding steroid dienone is 5. The van der Waals surface area contributed by atoms with Gasteiger partial charge in [0.1, 0.15) is 11.3 Å². The number of hydrogen-bond acceptors (Lipinski definition) is 6. The second kappa shape index (κ2) is 7.44. The second-order valence-electron chi connectivity index (χ2n) is 7.08. The Labute approximate surface area is 162 Å². The topological polar surface area (TPSA) is 106 Å². The average molecular weight is 381 g/mol. The number of likely N-dealkylation sites (tertiary alicyclic amines) is 1. The van der Waals surface area contributed by atoms with E-state index >= 15 is 0 Å². The molecule has 1 aliphatic carbocycles. The highest BCUT2D eigenvalue weighted by Gasteiger charge is 2.20. The molecule has 0 radical (unpaired) electrons. The first-order valence-electron chi connectivity index (χ1n) is 9.31. The average Bonchev–Trinajstić information content (AvgIpc) is 3.01. The first kappa shape index (κ1) is 18.2. The molecule has 1 aromatic heterocycles. The summed E-state index contributed by atoms with van der Waals surface area (Å²) in [5.74, 6) is 0.399. The van der Waals surface area contributed by atoms with Crippen LogP contribution >= 0.6 is 0 Å². The molecule has 7 heteroatoms. The van der Waals surface area contributed by atoms with Crippen LogP contribution in [0.2, 0.25) is 0 Å². The quantitative estimate of drug-likeness (QED) is 0.619. The third kappa shape index (κ3) is 3.48. The van der Waals surface area contributed by atoms with E-state index in [9.17, 15) is 20.6 Å². The predicted octanol–water partition coefficient (Wildman–Crippen LogP) is 3.79. The lowest BCUT2D eigenvalue weighted by Crippen LogP contribution is -2.29. The van der Waals surface area contributed by atoms with Gasteiger partial charge in [0.15, 0.2) is 11.5 Å². The highest BCUT2D eigenvalue weighted by Crippen LogP contribution is 2.39. The summed E-state index contributed by atoms with van der Waals surface area (Å²) in [5.41, 5.74) is 1.80. The van der Waals surface area contributed by atoms with E-state index in [0.717, 1.165) is 25.9 Å². The van der Waals surface area contributed by atoms with Gasteiger partial charge in [-0.05, 0) is 61.9 Å². The van der Waals surface area contributed by atoms with Gasteiger partial charge < -0.3 is 25.0 Å². The van der Waals surface area contributed by atoms with Gasteiger partial charge in [-0.2, -0.15) is 4.90 Å². The monoisotopic (exact) mass is 381 g/mol. The lowest BCUT2D eigenvalue weighted by Gasteiger charge is -2.26. The Kier molecular flexibility index (Phi) is 4.83. The molecule has 2 aliphatic rings. The number of rotatable bonds is 3. The smallest absolute Gasteiger partial charge is 0.222 e. The van der Waals surface area contributed by atoms with E-state index in [1.807, 2.05) is 0 Å². The third-order valence-corrected chi connectivity index (χ3v) is 5.17. The van der Waals surface area contributed by atoms with Gasteiger partial charge in [-0.25, -0.2) is 0 Å². The van der Waals surface area contributed by atoms with Gasteiger partial charge >= 0.3 is 0 Å². The molecule has 2 aromatic rings. The predicted molar refractivity (Wildman–Crippen MR) is 107 cm³/mol. The van der Waals surface area contributed by atoms with E-state index in [-0.39, 0.29) is 23.0 Å². The summed E-state index contributed by atoms with van der Waals surface area (Å²) in [6.45, 7) is 2.52. The highest BCUT2D eigenvalue weighted by atomic mass is 16.8. The molecule has 0 bridgehead atoms. The van der Waals surface area contributed by atoms with E-state index < -0.39 is 4.90 Å². The number of aromatic hydroxyl groups is 2. The van der Waals surface area contributed by atoms with Crippen molar-refractivity contribution in [3.8, 4) is 11.5 Å². The number of piperidine rings is 1. The summed E-state index contributed by atoms with van der Waals surface area (Å²) in [6, 6.07) is 3.21. The van der Waals surface area contributed by atoms with Crippen molar-refractivity contribution in [1.82, 2.24) is 4.90 Å². The van der Waals surface area contributed by atoms with Gasteiger partial charge in [0.05, 0.1) is 10.9 Å². The van der Waals surface area contributed by atoms with E-state index in [4.69, 9.17) is 4.42 Å². The molecule has 146 valence electrons. The number of fused-ring (bicyclic) bond motifs is 1. The van der Waals surface area contributed by atoms with Crippen LogP contribution in [0.3, 0.4) is 0 Å². The number of phenols is 1. The molecule has 1 fully saturated rings. The summed E-state index contributed by atoms with van der Waals surface area (Å²) < 4.78 is 5.91. The summed E-state index contributed by atoms with van der Waals surface area (Å²) in [5, 5.41) is 43.1. The standard InChI is InChI=1S/C21H21N2O5/c24-18-9-8-16-20(25)19(12-14-4-6-15(7-5-14)23(26)27)28-21(16)17(18)13-22-10-2-1-3-11-22/h4-9,12H,1-3,10-11,13H2,(H2-,24,25,26,27)/q-1. The molecule has 2 heterocycles. The van der Waals surface area contributed by atoms with Crippen LogP contribution in [0.1, 0.15) is 30.6 Å². The molecule has 1 aliphatic heterocycles. The minimum Gasteiger partial charge on any atom is -0.612 e. The number of benzene rings is 1. The van der Waals surface area contributed by atoms with Crippen molar-refractivity contribution in [2.24, 2.45) is 0 Å². The maximum Gasteiger partial charge on any atom is 0.222 e. The minimum atomic E-state index is -0.460. The van der Waals surface area contributed by atoms with Crippen LogP contribution in [0, 0.1) is 10.4 Å². The molecule has 0 amide bonds. The van der Waals surface area contributed by atoms with Crippen molar-refractivity contribution in [3.63, 3.8) is 0 Å². The summed E-state index contributed by atoms with van der Waals surface area (Å²) in [4.78, 5) is 1.81. The molecule has 1 aromatic carbocycles. The molecule has 4 rings (SSSR count). The summed E-state index contributed by atoms with van der Waals surface area (Å²) >= 11 is 0. The fourth-order valence-electron chi connectivity index (χ4n) is 3.65. The fraction of sp³-hybridized carbons (Fsp3) is 0.286. The fourth-order valence-corrected chi connectivity index (χ4v) is 3.65. The van der Waals surface area contributed by atoms with Gasteiger partial charge in [0, 0.05) is 18.7 Å². The molecular weight excluding hydrogens is 360 g/mol. The zero-order chi connectivity index (χ0) is 19.7. The Morgan fingerprint density at radius 2 is 1.75 bits per heavy atom. The second-order valence-corrected chi connectivity index (χ2v) is 7.08.